The first-order chi connectivity index (χ1) is 13.5. The van der Waals surface area contributed by atoms with Crippen LogP contribution in [0.15, 0.2) is 54.6 Å². The summed E-state index contributed by atoms with van der Waals surface area (Å²) in [5, 5.41) is 4.62. The minimum atomic E-state index is -0.573. The molecule has 1 aliphatic rings. The summed E-state index contributed by atoms with van der Waals surface area (Å²) in [4.78, 5) is 31.9. The number of aromatic nitrogens is 1. The van der Waals surface area contributed by atoms with Gasteiger partial charge in [0.2, 0.25) is 5.91 Å². The van der Waals surface area contributed by atoms with E-state index in [1.807, 2.05) is 30.3 Å². The van der Waals surface area contributed by atoms with Gasteiger partial charge in [0.05, 0.1) is 16.2 Å². The Balaban J connectivity index is 1.55. The summed E-state index contributed by atoms with van der Waals surface area (Å²) < 4.78 is 0. The zero-order valence-electron chi connectivity index (χ0n) is 14.9. The monoisotopic (exact) mass is 413 g/mol. The Hall–Kier alpha value is -2.63. The first-order valence-corrected chi connectivity index (χ1v) is 9.71. The van der Waals surface area contributed by atoms with E-state index in [0.717, 1.165) is 17.3 Å². The summed E-state index contributed by atoms with van der Waals surface area (Å²) in [5.41, 5.74) is 1.51. The predicted octanol–water partition coefficient (Wildman–Crippen LogP) is 4.78. The third kappa shape index (κ3) is 3.68. The molecule has 0 saturated carbocycles. The summed E-state index contributed by atoms with van der Waals surface area (Å²) in [6, 6.07) is 15.5. The molecule has 1 N–H and O–H groups in total. The van der Waals surface area contributed by atoms with Crippen LogP contribution in [0.3, 0.4) is 0 Å². The predicted molar refractivity (Wildman–Crippen MR) is 111 cm³/mol. The summed E-state index contributed by atoms with van der Waals surface area (Å²) >= 11 is 12.1. The fourth-order valence-corrected chi connectivity index (χ4v) is 3.76. The molecule has 1 aromatic heterocycles. The molecular formula is C21H17Cl2N3O2. The number of carbonyl (C=O) groups excluding carboxylic acids is 2. The SMILES string of the molecule is O=C(Nc1cc(Cl)ccc1Cl)[C@@H]1CCCN1C(=O)c1ccc2ccccc2n1. The molecule has 1 atom stereocenters. The van der Waals surface area contributed by atoms with E-state index in [1.165, 1.54) is 0 Å². The quantitative estimate of drug-likeness (QED) is 0.671. The van der Waals surface area contributed by atoms with Gasteiger partial charge in [-0.3, -0.25) is 9.59 Å². The molecule has 0 radical (unpaired) electrons. The molecule has 142 valence electrons. The van der Waals surface area contributed by atoms with Crippen LogP contribution in [0.5, 0.6) is 0 Å². The largest absolute Gasteiger partial charge is 0.325 e. The van der Waals surface area contributed by atoms with Gasteiger partial charge in [-0.05, 0) is 43.2 Å². The van der Waals surface area contributed by atoms with Gasteiger partial charge in [-0.1, -0.05) is 47.5 Å². The summed E-state index contributed by atoms with van der Waals surface area (Å²) in [7, 11) is 0. The summed E-state index contributed by atoms with van der Waals surface area (Å²) in [5.74, 6) is -0.531. The van der Waals surface area contributed by atoms with Crippen LogP contribution in [0.4, 0.5) is 5.69 Å². The number of para-hydroxylation sites is 1. The second kappa shape index (κ2) is 7.78. The Morgan fingerprint density at radius 3 is 2.75 bits per heavy atom. The van der Waals surface area contributed by atoms with Crippen LogP contribution in [0, 0.1) is 0 Å². The van der Waals surface area contributed by atoms with Crippen molar-refractivity contribution in [3.63, 3.8) is 0 Å². The Morgan fingerprint density at radius 2 is 1.89 bits per heavy atom. The number of fused-ring (bicyclic) bond motifs is 1. The lowest BCUT2D eigenvalue weighted by Crippen LogP contribution is -2.43. The number of nitrogens with zero attached hydrogens (tertiary/aromatic N) is 2. The lowest BCUT2D eigenvalue weighted by atomic mass is 10.1. The van der Waals surface area contributed by atoms with Crippen molar-refractivity contribution in [1.29, 1.82) is 0 Å². The summed E-state index contributed by atoms with van der Waals surface area (Å²) in [6.07, 6.45) is 1.34. The molecule has 2 aromatic carbocycles. The van der Waals surface area contributed by atoms with E-state index in [0.29, 0.717) is 34.4 Å². The average Bonchev–Trinajstić information content (AvgIpc) is 3.20. The standard InChI is InChI=1S/C21H17Cl2N3O2/c22-14-8-9-15(23)18(12-14)25-20(27)19-6-3-11-26(19)21(28)17-10-7-13-4-1-2-5-16(13)24-17/h1-2,4-5,7-10,12,19H,3,6,11H2,(H,25,27)/t19-/m0/s1. The minimum Gasteiger partial charge on any atom is -0.325 e. The van der Waals surface area contributed by atoms with Crippen molar-refractivity contribution < 1.29 is 9.59 Å². The van der Waals surface area contributed by atoms with Crippen LogP contribution < -0.4 is 5.32 Å². The van der Waals surface area contributed by atoms with Gasteiger partial charge in [-0.25, -0.2) is 4.98 Å². The molecule has 2 amide bonds. The first-order valence-electron chi connectivity index (χ1n) is 8.95. The first kappa shape index (κ1) is 18.7. The number of hydrogen-bond acceptors (Lipinski definition) is 3. The zero-order valence-corrected chi connectivity index (χ0v) is 16.4. The maximum absolute atomic E-state index is 13.0. The van der Waals surface area contributed by atoms with E-state index in [9.17, 15) is 9.59 Å². The number of nitrogens with one attached hydrogen (secondary N) is 1. The molecule has 1 saturated heterocycles. The van der Waals surface area contributed by atoms with Gasteiger partial charge in [0.25, 0.3) is 5.91 Å². The normalized spacial score (nSPS) is 16.4. The van der Waals surface area contributed by atoms with E-state index >= 15 is 0 Å². The highest BCUT2D eigenvalue weighted by atomic mass is 35.5. The second-order valence-electron chi connectivity index (χ2n) is 6.66. The van der Waals surface area contributed by atoms with E-state index in [1.54, 1.807) is 29.2 Å². The number of amides is 2. The van der Waals surface area contributed by atoms with Crippen molar-refractivity contribution in [2.75, 3.05) is 11.9 Å². The Labute approximate surface area is 172 Å². The Kier molecular flexibility index (Phi) is 5.20. The molecule has 4 rings (SSSR count). The number of likely N-dealkylation sites (tertiary alicyclic amines) is 1. The highest BCUT2D eigenvalue weighted by molar-refractivity contribution is 6.35. The van der Waals surface area contributed by atoms with Gasteiger partial charge in [-0.2, -0.15) is 0 Å². The fourth-order valence-electron chi connectivity index (χ4n) is 3.42. The topological polar surface area (TPSA) is 62.3 Å². The number of halogens is 2. The van der Waals surface area contributed by atoms with Crippen molar-refractivity contribution >= 4 is 51.6 Å². The number of carbonyl (C=O) groups is 2. The minimum absolute atomic E-state index is 0.249. The van der Waals surface area contributed by atoms with E-state index in [4.69, 9.17) is 23.2 Å². The molecule has 5 nitrogen and oxygen atoms in total. The number of pyridine rings is 1. The molecular weight excluding hydrogens is 397 g/mol. The number of rotatable bonds is 3. The molecule has 0 unspecified atom stereocenters. The highest BCUT2D eigenvalue weighted by Crippen LogP contribution is 2.27. The van der Waals surface area contributed by atoms with Gasteiger partial charge in [-0.15, -0.1) is 0 Å². The number of benzene rings is 2. The van der Waals surface area contributed by atoms with Crippen LogP contribution in [-0.4, -0.2) is 34.3 Å². The molecule has 7 heteroatoms. The van der Waals surface area contributed by atoms with Crippen molar-refractivity contribution in [1.82, 2.24) is 9.88 Å². The molecule has 0 aliphatic carbocycles. The molecule has 2 heterocycles. The van der Waals surface area contributed by atoms with E-state index in [-0.39, 0.29) is 11.8 Å². The van der Waals surface area contributed by atoms with Gasteiger partial charge in [0.15, 0.2) is 0 Å². The third-order valence-electron chi connectivity index (χ3n) is 4.82. The molecule has 3 aromatic rings. The molecule has 0 bridgehead atoms. The number of hydrogen-bond donors (Lipinski definition) is 1. The molecule has 28 heavy (non-hydrogen) atoms. The maximum atomic E-state index is 13.0. The lowest BCUT2D eigenvalue weighted by Gasteiger charge is -2.24. The third-order valence-corrected chi connectivity index (χ3v) is 5.38. The average molecular weight is 414 g/mol. The molecule has 1 fully saturated rings. The zero-order chi connectivity index (χ0) is 19.7. The van der Waals surface area contributed by atoms with E-state index in [2.05, 4.69) is 10.3 Å². The van der Waals surface area contributed by atoms with Crippen LogP contribution in [0.2, 0.25) is 10.0 Å². The highest BCUT2D eigenvalue weighted by Gasteiger charge is 2.35. The van der Waals surface area contributed by atoms with Crippen LogP contribution in [0.25, 0.3) is 10.9 Å². The molecule has 0 spiro atoms. The van der Waals surface area contributed by atoms with Gasteiger partial charge >= 0.3 is 0 Å². The van der Waals surface area contributed by atoms with Crippen LogP contribution in [0.1, 0.15) is 23.3 Å². The Morgan fingerprint density at radius 1 is 1.07 bits per heavy atom. The lowest BCUT2D eigenvalue weighted by molar-refractivity contribution is -0.119. The number of anilines is 1. The van der Waals surface area contributed by atoms with Crippen molar-refractivity contribution in [3.8, 4) is 0 Å². The summed E-state index contributed by atoms with van der Waals surface area (Å²) in [6.45, 7) is 0.509. The van der Waals surface area contributed by atoms with Crippen LogP contribution >= 0.6 is 23.2 Å². The van der Waals surface area contributed by atoms with Crippen molar-refractivity contribution in [2.24, 2.45) is 0 Å². The second-order valence-corrected chi connectivity index (χ2v) is 7.50. The van der Waals surface area contributed by atoms with Crippen molar-refractivity contribution in [2.45, 2.75) is 18.9 Å². The van der Waals surface area contributed by atoms with E-state index < -0.39 is 6.04 Å². The molecule has 1 aliphatic heterocycles. The van der Waals surface area contributed by atoms with Gasteiger partial charge in [0, 0.05) is 17.0 Å². The Bertz CT molecular complexity index is 1070. The van der Waals surface area contributed by atoms with Gasteiger partial charge < -0.3 is 10.2 Å². The smallest absolute Gasteiger partial charge is 0.273 e. The maximum Gasteiger partial charge on any atom is 0.273 e. The van der Waals surface area contributed by atoms with Gasteiger partial charge in [0.1, 0.15) is 11.7 Å². The van der Waals surface area contributed by atoms with Crippen LogP contribution in [-0.2, 0) is 4.79 Å². The van der Waals surface area contributed by atoms with Crippen molar-refractivity contribution in [3.05, 3.63) is 70.3 Å². The fraction of sp³-hybridized carbons (Fsp3) is 0.190.